The molecule has 3 amide bonds. The number of nitrogens with one attached hydrogen (secondary N) is 1. The minimum atomic E-state index is -2.96. The van der Waals surface area contributed by atoms with Crippen molar-refractivity contribution >= 4 is 17.9 Å². The molecule has 1 heterocycles. The van der Waals surface area contributed by atoms with Gasteiger partial charge in [-0.2, -0.15) is 8.78 Å². The number of nitrogens with zero attached hydrogens (tertiary/aromatic N) is 1. The smallest absolute Gasteiger partial charge is 0.387 e. The highest BCUT2D eigenvalue weighted by molar-refractivity contribution is 6.07. The molecule has 10 heteroatoms. The second kappa shape index (κ2) is 8.99. The van der Waals surface area contributed by atoms with Crippen LogP contribution < -0.4 is 14.8 Å². The molecule has 1 fully saturated rings. The molecule has 0 radical (unpaired) electrons. The normalized spacial score (nSPS) is 18.2. The van der Waals surface area contributed by atoms with E-state index in [0.29, 0.717) is 16.9 Å². The summed E-state index contributed by atoms with van der Waals surface area (Å²) in [6.07, 6.45) is 0. The number of carbonyl (C=O) groups excluding carboxylic acids is 3. The van der Waals surface area contributed by atoms with E-state index in [0.717, 1.165) is 4.90 Å². The van der Waals surface area contributed by atoms with Crippen LogP contribution in [0, 0.1) is 0 Å². The number of imide groups is 1. The summed E-state index contributed by atoms with van der Waals surface area (Å²) >= 11 is 0. The number of hydrogen-bond donors (Lipinski definition) is 1. The predicted octanol–water partition coefficient (Wildman–Crippen LogP) is 2.92. The molecule has 8 nitrogen and oxygen atoms in total. The van der Waals surface area contributed by atoms with Crippen molar-refractivity contribution < 1.29 is 37.4 Å². The maximum Gasteiger partial charge on any atom is 0.387 e. The molecule has 0 aromatic heterocycles. The number of halogens is 2. The molecule has 1 N–H and O–H groups in total. The van der Waals surface area contributed by atoms with Gasteiger partial charge in [-0.25, -0.2) is 9.59 Å². The van der Waals surface area contributed by atoms with Gasteiger partial charge in [0, 0.05) is 0 Å². The van der Waals surface area contributed by atoms with Crippen molar-refractivity contribution in [1.82, 2.24) is 10.2 Å². The first-order chi connectivity index (χ1) is 14.7. The number of alkyl halides is 2. The summed E-state index contributed by atoms with van der Waals surface area (Å²) in [5.41, 5.74) is -0.554. The fourth-order valence-corrected chi connectivity index (χ4v) is 3.13. The Balaban J connectivity index is 1.61. The van der Waals surface area contributed by atoms with Crippen molar-refractivity contribution in [3.8, 4) is 11.5 Å². The van der Waals surface area contributed by atoms with Crippen LogP contribution in [0.4, 0.5) is 13.6 Å². The van der Waals surface area contributed by atoms with Gasteiger partial charge in [0.1, 0.15) is 23.6 Å². The summed E-state index contributed by atoms with van der Waals surface area (Å²) in [5, 5.41) is 2.62. The van der Waals surface area contributed by atoms with Crippen LogP contribution in [0.15, 0.2) is 48.5 Å². The van der Waals surface area contributed by atoms with Crippen molar-refractivity contribution in [2.75, 3.05) is 20.3 Å². The van der Waals surface area contributed by atoms with E-state index in [-0.39, 0.29) is 18.9 Å². The second-order valence-corrected chi connectivity index (χ2v) is 6.78. The zero-order chi connectivity index (χ0) is 22.6. The summed E-state index contributed by atoms with van der Waals surface area (Å²) in [4.78, 5) is 37.7. The number of rotatable bonds is 8. The topological polar surface area (TPSA) is 94.2 Å². The molecule has 2 aromatic rings. The van der Waals surface area contributed by atoms with E-state index < -0.39 is 30.1 Å². The van der Waals surface area contributed by atoms with E-state index in [9.17, 15) is 23.2 Å². The molecule has 31 heavy (non-hydrogen) atoms. The molecule has 1 aliphatic rings. The third-order valence-electron chi connectivity index (χ3n) is 4.79. The van der Waals surface area contributed by atoms with Gasteiger partial charge in [0.25, 0.3) is 5.91 Å². The number of carbonyl (C=O) groups is 3. The highest BCUT2D eigenvalue weighted by Crippen LogP contribution is 2.30. The van der Waals surface area contributed by atoms with E-state index in [4.69, 9.17) is 4.74 Å². The molecular formula is C21H20F2N2O6. The molecule has 2 aromatic carbocycles. The number of ether oxygens (including phenoxy) is 3. The molecule has 3 rings (SSSR count). The molecule has 0 saturated carbocycles. The lowest BCUT2D eigenvalue weighted by Crippen LogP contribution is -2.41. The summed E-state index contributed by atoms with van der Waals surface area (Å²) in [5.74, 6) is -0.566. The largest absolute Gasteiger partial charge is 0.492 e. The molecule has 1 atom stereocenters. The zero-order valence-corrected chi connectivity index (χ0v) is 16.8. The van der Waals surface area contributed by atoms with Crippen LogP contribution in [0.5, 0.6) is 11.5 Å². The predicted molar refractivity (Wildman–Crippen MR) is 104 cm³/mol. The second-order valence-electron chi connectivity index (χ2n) is 6.78. The molecule has 0 spiro atoms. The van der Waals surface area contributed by atoms with E-state index >= 15 is 0 Å². The Bertz CT molecular complexity index is 965. The van der Waals surface area contributed by atoms with Gasteiger partial charge in [0.05, 0.1) is 19.2 Å². The SMILES string of the molecule is COC(=O)c1ccc(OCCN2C(=O)NC(C)(c3ccc(OC(F)F)cc3)C2=O)cc1. The number of urea groups is 1. The van der Waals surface area contributed by atoms with E-state index in [1.54, 1.807) is 12.1 Å². The summed E-state index contributed by atoms with van der Waals surface area (Å²) in [6.45, 7) is -1.40. The first-order valence-corrected chi connectivity index (χ1v) is 9.25. The minimum Gasteiger partial charge on any atom is -0.492 e. The van der Waals surface area contributed by atoms with E-state index in [1.165, 1.54) is 50.4 Å². The molecule has 1 unspecified atom stereocenters. The molecule has 164 valence electrons. The lowest BCUT2D eigenvalue weighted by molar-refractivity contribution is -0.131. The van der Waals surface area contributed by atoms with E-state index in [1.807, 2.05) is 0 Å². The van der Waals surface area contributed by atoms with Crippen LogP contribution in [-0.4, -0.2) is 49.7 Å². The van der Waals surface area contributed by atoms with Crippen LogP contribution >= 0.6 is 0 Å². The van der Waals surface area contributed by atoms with Crippen molar-refractivity contribution in [3.63, 3.8) is 0 Å². The summed E-state index contributed by atoms with van der Waals surface area (Å²) in [7, 11) is 1.28. The first-order valence-electron chi connectivity index (χ1n) is 9.25. The Morgan fingerprint density at radius 2 is 1.68 bits per heavy atom. The average Bonchev–Trinajstić information content (AvgIpc) is 2.97. The van der Waals surface area contributed by atoms with Gasteiger partial charge in [0.15, 0.2) is 0 Å². The van der Waals surface area contributed by atoms with Crippen LogP contribution in [0.3, 0.4) is 0 Å². The number of benzene rings is 2. The number of methoxy groups -OCH3 is 1. The maximum absolute atomic E-state index is 12.9. The monoisotopic (exact) mass is 434 g/mol. The standard InChI is InChI=1S/C21H20F2N2O6/c1-21(14-5-9-16(10-6-14)31-19(22)23)18(27)25(20(28)24-21)11-12-30-15-7-3-13(4-8-15)17(26)29-2/h3-10,19H,11-12H2,1-2H3,(H,24,28). The maximum atomic E-state index is 12.9. The van der Waals surface area contributed by atoms with Crippen LogP contribution in [0.2, 0.25) is 0 Å². The summed E-state index contributed by atoms with van der Waals surface area (Å²) in [6, 6.07) is 11.1. The third kappa shape index (κ3) is 4.73. The van der Waals surface area contributed by atoms with Crippen LogP contribution in [-0.2, 0) is 15.1 Å². The van der Waals surface area contributed by atoms with Gasteiger partial charge in [-0.1, -0.05) is 12.1 Å². The minimum absolute atomic E-state index is 0.00835. The first kappa shape index (κ1) is 22.0. The lowest BCUT2D eigenvalue weighted by Gasteiger charge is -2.22. The Morgan fingerprint density at radius 1 is 1.06 bits per heavy atom. The highest BCUT2D eigenvalue weighted by atomic mass is 19.3. The van der Waals surface area contributed by atoms with Gasteiger partial charge in [-0.05, 0) is 48.9 Å². The van der Waals surface area contributed by atoms with Crippen LogP contribution in [0.1, 0.15) is 22.8 Å². The number of hydrogen-bond acceptors (Lipinski definition) is 6. The molecular weight excluding hydrogens is 414 g/mol. The quantitative estimate of drug-likeness (QED) is 0.507. The molecule has 0 bridgehead atoms. The van der Waals surface area contributed by atoms with Crippen molar-refractivity contribution in [2.24, 2.45) is 0 Å². The average molecular weight is 434 g/mol. The third-order valence-corrected chi connectivity index (χ3v) is 4.79. The number of esters is 1. The fourth-order valence-electron chi connectivity index (χ4n) is 3.13. The lowest BCUT2D eigenvalue weighted by atomic mass is 9.92. The molecule has 1 saturated heterocycles. The van der Waals surface area contributed by atoms with Crippen molar-refractivity contribution in [3.05, 3.63) is 59.7 Å². The molecule has 1 aliphatic heterocycles. The zero-order valence-electron chi connectivity index (χ0n) is 16.8. The Labute approximate surface area is 176 Å². The van der Waals surface area contributed by atoms with Crippen molar-refractivity contribution in [1.29, 1.82) is 0 Å². The van der Waals surface area contributed by atoms with E-state index in [2.05, 4.69) is 14.8 Å². The molecule has 0 aliphatic carbocycles. The fraction of sp³-hybridized carbons (Fsp3) is 0.286. The van der Waals surface area contributed by atoms with Crippen molar-refractivity contribution in [2.45, 2.75) is 19.1 Å². The Hall–Kier alpha value is -3.69. The van der Waals surface area contributed by atoms with Gasteiger partial charge < -0.3 is 19.5 Å². The number of amides is 3. The van der Waals surface area contributed by atoms with Crippen LogP contribution in [0.25, 0.3) is 0 Å². The van der Waals surface area contributed by atoms with Gasteiger partial charge in [0.2, 0.25) is 0 Å². The van der Waals surface area contributed by atoms with Gasteiger partial charge in [-0.15, -0.1) is 0 Å². The Morgan fingerprint density at radius 3 is 2.26 bits per heavy atom. The summed E-state index contributed by atoms with van der Waals surface area (Å²) < 4.78 is 39.1. The van der Waals surface area contributed by atoms with Gasteiger partial charge in [-0.3, -0.25) is 9.69 Å². The Kier molecular flexibility index (Phi) is 6.38. The highest BCUT2D eigenvalue weighted by Gasteiger charge is 2.48. The van der Waals surface area contributed by atoms with Gasteiger partial charge >= 0.3 is 18.6 Å².